The van der Waals surface area contributed by atoms with Crippen molar-refractivity contribution in [3.63, 3.8) is 0 Å². The first-order valence-electron chi connectivity index (χ1n) is 6.88. The molecule has 0 aliphatic carbocycles. The van der Waals surface area contributed by atoms with E-state index in [9.17, 15) is 10.2 Å². The number of hydrogen-bond acceptors (Lipinski definition) is 4. The Bertz CT molecular complexity index is 526. The van der Waals surface area contributed by atoms with Gasteiger partial charge in [0.25, 0.3) is 0 Å². The smallest absolute Gasteiger partial charge is 0.120 e. The highest BCUT2D eigenvalue weighted by atomic mass is 16.3. The minimum atomic E-state index is 0.00958. The second-order valence-corrected chi connectivity index (χ2v) is 4.93. The van der Waals surface area contributed by atoms with Gasteiger partial charge >= 0.3 is 0 Å². The van der Waals surface area contributed by atoms with Gasteiger partial charge in [0, 0.05) is 30.5 Å². The highest BCUT2D eigenvalue weighted by molar-refractivity contribution is 5.40. The number of unbranched alkanes of at least 4 members (excludes halogenated alkanes) is 1. The summed E-state index contributed by atoms with van der Waals surface area (Å²) in [6.45, 7) is 3.81. The number of aryl methyl sites for hydroxylation is 1. The van der Waals surface area contributed by atoms with Gasteiger partial charge in [0.2, 0.25) is 0 Å². The SMILES string of the molecule is CC(NCCCCn1ccnc1)c1cc(O)ccc1O. The van der Waals surface area contributed by atoms with Crippen LogP contribution in [-0.2, 0) is 6.54 Å². The minimum absolute atomic E-state index is 0.00958. The number of imidazole rings is 1. The number of nitrogens with one attached hydrogen (secondary N) is 1. The molecule has 1 atom stereocenters. The maximum absolute atomic E-state index is 9.77. The molecule has 0 aliphatic rings. The van der Waals surface area contributed by atoms with Crippen molar-refractivity contribution in [3.8, 4) is 11.5 Å². The number of phenols is 2. The largest absolute Gasteiger partial charge is 0.508 e. The van der Waals surface area contributed by atoms with E-state index in [2.05, 4.69) is 14.9 Å². The molecule has 2 aromatic rings. The number of aromatic hydroxyl groups is 2. The van der Waals surface area contributed by atoms with E-state index < -0.39 is 0 Å². The van der Waals surface area contributed by atoms with Crippen LogP contribution in [0.25, 0.3) is 0 Å². The van der Waals surface area contributed by atoms with Gasteiger partial charge in [-0.2, -0.15) is 0 Å². The Kier molecular flexibility index (Phi) is 5.01. The third-order valence-electron chi connectivity index (χ3n) is 3.33. The van der Waals surface area contributed by atoms with Crippen molar-refractivity contribution >= 4 is 0 Å². The maximum atomic E-state index is 9.77. The molecule has 1 aromatic carbocycles. The summed E-state index contributed by atoms with van der Waals surface area (Å²) >= 11 is 0. The molecule has 108 valence electrons. The average Bonchev–Trinajstić information content (AvgIpc) is 2.94. The summed E-state index contributed by atoms with van der Waals surface area (Å²) in [7, 11) is 0. The van der Waals surface area contributed by atoms with Crippen LogP contribution in [0.2, 0.25) is 0 Å². The van der Waals surface area contributed by atoms with Gasteiger partial charge in [-0.1, -0.05) is 0 Å². The Balaban J connectivity index is 1.72. The zero-order valence-corrected chi connectivity index (χ0v) is 11.7. The number of aromatic nitrogens is 2. The zero-order valence-electron chi connectivity index (χ0n) is 11.7. The monoisotopic (exact) mass is 275 g/mol. The topological polar surface area (TPSA) is 70.3 Å². The van der Waals surface area contributed by atoms with Gasteiger partial charge in [-0.25, -0.2) is 4.98 Å². The number of benzene rings is 1. The lowest BCUT2D eigenvalue weighted by atomic mass is 10.1. The summed E-state index contributed by atoms with van der Waals surface area (Å²) in [6.07, 6.45) is 7.68. The zero-order chi connectivity index (χ0) is 14.4. The van der Waals surface area contributed by atoms with Crippen LogP contribution < -0.4 is 5.32 Å². The molecule has 0 spiro atoms. The van der Waals surface area contributed by atoms with Gasteiger partial charge in [-0.15, -0.1) is 0 Å². The van der Waals surface area contributed by atoms with Crippen LogP contribution in [0.5, 0.6) is 11.5 Å². The highest BCUT2D eigenvalue weighted by Crippen LogP contribution is 2.27. The van der Waals surface area contributed by atoms with Crippen molar-refractivity contribution in [1.82, 2.24) is 14.9 Å². The van der Waals surface area contributed by atoms with Crippen LogP contribution in [0.3, 0.4) is 0 Å². The van der Waals surface area contributed by atoms with Crippen LogP contribution >= 0.6 is 0 Å². The van der Waals surface area contributed by atoms with Crippen molar-refractivity contribution in [2.24, 2.45) is 0 Å². The van der Waals surface area contributed by atoms with Gasteiger partial charge in [-0.3, -0.25) is 0 Å². The van der Waals surface area contributed by atoms with Crippen molar-refractivity contribution in [2.75, 3.05) is 6.54 Å². The van der Waals surface area contributed by atoms with Gasteiger partial charge in [0.15, 0.2) is 0 Å². The molecule has 0 saturated heterocycles. The fraction of sp³-hybridized carbons (Fsp3) is 0.400. The second-order valence-electron chi connectivity index (χ2n) is 4.93. The number of nitrogens with zero attached hydrogens (tertiary/aromatic N) is 2. The van der Waals surface area contributed by atoms with Gasteiger partial charge in [0.05, 0.1) is 6.33 Å². The molecule has 20 heavy (non-hydrogen) atoms. The molecule has 1 aromatic heterocycles. The standard InChI is InChI=1S/C15H21N3O2/c1-12(14-10-13(19)4-5-15(14)20)17-6-2-3-8-18-9-7-16-11-18/h4-5,7,9-12,17,19-20H,2-3,6,8H2,1H3. The first-order chi connectivity index (χ1) is 9.66. The van der Waals surface area contributed by atoms with Crippen molar-refractivity contribution < 1.29 is 10.2 Å². The van der Waals surface area contributed by atoms with Gasteiger partial charge in [-0.05, 0) is 44.5 Å². The predicted molar refractivity (Wildman–Crippen MR) is 77.7 cm³/mol. The Morgan fingerprint density at radius 1 is 1.30 bits per heavy atom. The molecule has 2 rings (SSSR count). The minimum Gasteiger partial charge on any atom is -0.508 e. The maximum Gasteiger partial charge on any atom is 0.120 e. The highest BCUT2D eigenvalue weighted by Gasteiger charge is 2.10. The summed E-state index contributed by atoms with van der Waals surface area (Å²) in [6, 6.07) is 4.60. The van der Waals surface area contributed by atoms with Gasteiger partial charge < -0.3 is 20.1 Å². The Morgan fingerprint density at radius 2 is 2.15 bits per heavy atom. The lowest BCUT2D eigenvalue weighted by molar-refractivity contribution is 0.438. The Morgan fingerprint density at radius 3 is 2.90 bits per heavy atom. The fourth-order valence-corrected chi connectivity index (χ4v) is 2.16. The third-order valence-corrected chi connectivity index (χ3v) is 3.33. The van der Waals surface area contributed by atoms with E-state index in [1.807, 2.05) is 19.4 Å². The molecule has 1 unspecified atom stereocenters. The molecule has 0 fully saturated rings. The second kappa shape index (κ2) is 6.96. The molecular formula is C15H21N3O2. The van der Waals surface area contributed by atoms with Gasteiger partial charge in [0.1, 0.15) is 11.5 Å². The molecule has 0 aliphatic heterocycles. The summed E-state index contributed by atoms with van der Waals surface area (Å²) in [5, 5.41) is 22.6. The normalized spacial score (nSPS) is 12.4. The van der Waals surface area contributed by atoms with E-state index in [1.165, 1.54) is 12.1 Å². The molecule has 3 N–H and O–H groups in total. The van der Waals surface area contributed by atoms with Crippen LogP contribution in [0, 0.1) is 0 Å². The van der Waals surface area contributed by atoms with E-state index in [4.69, 9.17) is 0 Å². The van der Waals surface area contributed by atoms with Crippen molar-refractivity contribution in [1.29, 1.82) is 0 Å². The molecule has 1 heterocycles. The molecule has 0 saturated carbocycles. The molecule has 5 nitrogen and oxygen atoms in total. The van der Waals surface area contributed by atoms with Crippen molar-refractivity contribution in [2.45, 2.75) is 32.4 Å². The number of rotatable bonds is 7. The molecule has 0 amide bonds. The molecule has 0 radical (unpaired) electrons. The quantitative estimate of drug-likeness (QED) is 0.536. The fourth-order valence-electron chi connectivity index (χ4n) is 2.16. The van der Waals surface area contributed by atoms with Crippen molar-refractivity contribution in [3.05, 3.63) is 42.5 Å². The predicted octanol–water partition coefficient (Wildman–Crippen LogP) is 2.43. The average molecular weight is 275 g/mol. The molecule has 5 heteroatoms. The Labute approximate surface area is 118 Å². The van der Waals surface area contributed by atoms with E-state index >= 15 is 0 Å². The number of hydrogen-bond donors (Lipinski definition) is 3. The first kappa shape index (κ1) is 14.4. The van der Waals surface area contributed by atoms with Crippen LogP contribution in [0.1, 0.15) is 31.4 Å². The van der Waals surface area contributed by atoms with Crippen LogP contribution in [0.15, 0.2) is 36.9 Å². The van der Waals surface area contributed by atoms with E-state index in [0.29, 0.717) is 0 Å². The lowest BCUT2D eigenvalue weighted by Gasteiger charge is -2.16. The van der Waals surface area contributed by atoms with E-state index in [0.717, 1.165) is 31.5 Å². The van der Waals surface area contributed by atoms with Crippen LogP contribution in [0.4, 0.5) is 0 Å². The van der Waals surface area contributed by atoms with E-state index in [-0.39, 0.29) is 17.5 Å². The molecular weight excluding hydrogens is 254 g/mol. The first-order valence-corrected chi connectivity index (χ1v) is 6.88. The third kappa shape index (κ3) is 3.99. The Hall–Kier alpha value is -2.01. The summed E-state index contributed by atoms with van der Waals surface area (Å²) in [5.74, 6) is 0.382. The van der Waals surface area contributed by atoms with E-state index in [1.54, 1.807) is 12.3 Å². The lowest BCUT2D eigenvalue weighted by Crippen LogP contribution is -2.20. The van der Waals surface area contributed by atoms with Crippen LogP contribution in [-0.4, -0.2) is 26.3 Å². The summed E-state index contributed by atoms with van der Waals surface area (Å²) in [4.78, 5) is 4.00. The molecule has 0 bridgehead atoms. The summed E-state index contributed by atoms with van der Waals surface area (Å²) in [5.41, 5.74) is 0.722. The number of phenolic OH excluding ortho intramolecular Hbond substituents is 2. The summed E-state index contributed by atoms with van der Waals surface area (Å²) < 4.78 is 2.06.